The highest BCUT2D eigenvalue weighted by molar-refractivity contribution is 7.94. The summed E-state index contributed by atoms with van der Waals surface area (Å²) in [6.07, 6.45) is 0. The van der Waals surface area contributed by atoms with Crippen molar-refractivity contribution in [3.8, 4) is 0 Å². The fraction of sp³-hybridized carbons (Fsp3) is 0.333. The topological polar surface area (TPSA) is 69.4 Å². The molecule has 0 aliphatic carbocycles. The number of fused-ring (bicyclic) bond motifs is 1. The minimum Gasteiger partial charge on any atom is -0.383 e. The number of carbonyl (C=O) groups is 1. The summed E-state index contributed by atoms with van der Waals surface area (Å²) in [5.41, 5.74) is 1.82. The van der Waals surface area contributed by atoms with Gasteiger partial charge in [-0.15, -0.1) is 10.2 Å². The number of hydrogen-bond donors (Lipinski definition) is 0. The average molecular weight is 238 g/mol. The predicted molar refractivity (Wildman–Crippen MR) is 57.9 cm³/mol. The molecule has 0 radical (unpaired) electrons. The van der Waals surface area contributed by atoms with Crippen molar-refractivity contribution >= 4 is 23.8 Å². The van der Waals surface area contributed by atoms with Gasteiger partial charge in [0.2, 0.25) is 5.16 Å². The summed E-state index contributed by atoms with van der Waals surface area (Å²) in [6.45, 7) is 5.15. The fourth-order valence-electron chi connectivity index (χ4n) is 1.35. The Morgan fingerprint density at radius 3 is 2.88 bits per heavy atom. The Hall–Kier alpha value is -1.63. The first-order valence-corrected chi connectivity index (χ1v) is 5.36. The van der Waals surface area contributed by atoms with E-state index in [0.29, 0.717) is 10.9 Å². The van der Waals surface area contributed by atoms with E-state index in [1.54, 1.807) is 4.40 Å². The maximum absolute atomic E-state index is 10.7. The van der Waals surface area contributed by atoms with E-state index in [2.05, 4.69) is 15.2 Å². The van der Waals surface area contributed by atoms with E-state index in [0.717, 1.165) is 23.4 Å². The molecule has 0 aliphatic heterocycles. The van der Waals surface area contributed by atoms with Crippen LogP contribution in [0.25, 0.3) is 5.78 Å². The first-order chi connectivity index (χ1) is 7.58. The highest BCUT2D eigenvalue weighted by Gasteiger charge is 2.11. The van der Waals surface area contributed by atoms with Gasteiger partial charge in [-0.3, -0.25) is 9.20 Å². The Kier molecular flexibility index (Phi) is 2.78. The molecule has 7 heteroatoms. The molecule has 2 heterocycles. The minimum absolute atomic E-state index is 0.375. The molecule has 84 valence electrons. The normalized spacial score (nSPS) is 10.7. The molecule has 6 nitrogen and oxygen atoms in total. The van der Waals surface area contributed by atoms with Crippen molar-refractivity contribution in [2.45, 2.75) is 25.9 Å². The third kappa shape index (κ3) is 1.99. The number of nitrogens with zero attached hydrogens (tertiary/aromatic N) is 4. The van der Waals surface area contributed by atoms with Gasteiger partial charge < -0.3 is 4.18 Å². The summed E-state index contributed by atoms with van der Waals surface area (Å²) >= 11 is 0.885. The quantitative estimate of drug-likeness (QED) is 0.735. The number of hydrogen-bond acceptors (Lipinski definition) is 6. The molecule has 0 spiro atoms. The number of carbonyl (C=O) groups excluding carboxylic acids is 1. The van der Waals surface area contributed by atoms with Gasteiger partial charge in [-0.25, -0.2) is 4.98 Å². The summed E-state index contributed by atoms with van der Waals surface area (Å²) in [5.74, 6) is 0.131. The molecule has 0 unspecified atom stereocenters. The summed E-state index contributed by atoms with van der Waals surface area (Å²) < 4.78 is 6.54. The second-order valence-corrected chi connectivity index (χ2v) is 4.01. The molecule has 0 N–H and O–H groups in total. The summed E-state index contributed by atoms with van der Waals surface area (Å²) in [5, 5.41) is 8.31. The molecule has 2 aromatic rings. The average Bonchev–Trinajstić information content (AvgIpc) is 2.57. The number of rotatable bonds is 2. The van der Waals surface area contributed by atoms with Crippen molar-refractivity contribution in [3.63, 3.8) is 0 Å². The zero-order valence-electron chi connectivity index (χ0n) is 9.09. The van der Waals surface area contributed by atoms with Crippen LogP contribution in [0, 0.1) is 13.8 Å². The van der Waals surface area contributed by atoms with E-state index in [9.17, 15) is 4.79 Å². The summed E-state index contributed by atoms with van der Waals surface area (Å²) in [7, 11) is 0. The molecule has 0 bridgehead atoms. The van der Waals surface area contributed by atoms with Gasteiger partial charge in [-0.05, 0) is 19.9 Å². The molecule has 0 atom stereocenters. The number of aryl methyl sites for hydroxylation is 2. The zero-order chi connectivity index (χ0) is 11.7. The van der Waals surface area contributed by atoms with Gasteiger partial charge in [0.1, 0.15) is 12.0 Å². The van der Waals surface area contributed by atoms with Gasteiger partial charge in [0.05, 0.1) is 0 Å². The van der Waals surface area contributed by atoms with Crippen molar-refractivity contribution in [1.29, 1.82) is 0 Å². The molecule has 0 aliphatic rings. The smallest absolute Gasteiger partial charge is 0.315 e. The van der Waals surface area contributed by atoms with Gasteiger partial charge in [0.25, 0.3) is 5.78 Å². The van der Waals surface area contributed by atoms with Gasteiger partial charge in [0.15, 0.2) is 0 Å². The van der Waals surface area contributed by atoms with Gasteiger partial charge in [0, 0.05) is 18.3 Å². The monoisotopic (exact) mass is 238 g/mol. The second kappa shape index (κ2) is 4.09. The lowest BCUT2D eigenvalue weighted by atomic mass is 10.3. The van der Waals surface area contributed by atoms with Crippen LogP contribution in [0.2, 0.25) is 0 Å². The Balaban J connectivity index is 2.43. The van der Waals surface area contributed by atoms with E-state index in [1.807, 2.05) is 19.9 Å². The lowest BCUT2D eigenvalue weighted by Crippen LogP contribution is -1.98. The summed E-state index contributed by atoms with van der Waals surface area (Å²) in [6, 6.07) is 1.91. The van der Waals surface area contributed by atoms with Crippen LogP contribution in [-0.2, 0) is 8.98 Å². The SMILES string of the molecule is CC(=O)OSc1nnc2nc(C)cc(C)n12. The van der Waals surface area contributed by atoms with Crippen LogP contribution in [0.1, 0.15) is 18.3 Å². The largest absolute Gasteiger partial charge is 0.383 e. The minimum atomic E-state index is -0.375. The maximum atomic E-state index is 10.7. The molecule has 0 amide bonds. The molecular formula is C9H10N4O2S. The third-order valence-electron chi connectivity index (χ3n) is 1.90. The lowest BCUT2D eigenvalue weighted by Gasteiger charge is -2.02. The first-order valence-electron chi connectivity index (χ1n) is 4.62. The molecule has 0 saturated carbocycles. The third-order valence-corrected chi connectivity index (χ3v) is 2.63. The highest BCUT2D eigenvalue weighted by atomic mass is 32.2. The van der Waals surface area contributed by atoms with Gasteiger partial charge in [-0.1, -0.05) is 0 Å². The van der Waals surface area contributed by atoms with Crippen LogP contribution >= 0.6 is 12.0 Å². The maximum Gasteiger partial charge on any atom is 0.315 e. The molecule has 2 aromatic heterocycles. The van der Waals surface area contributed by atoms with E-state index >= 15 is 0 Å². The second-order valence-electron chi connectivity index (χ2n) is 3.32. The molecule has 0 aromatic carbocycles. The van der Waals surface area contributed by atoms with Crippen molar-refractivity contribution in [2.75, 3.05) is 0 Å². The highest BCUT2D eigenvalue weighted by Crippen LogP contribution is 2.19. The standard InChI is InChI=1S/C9H10N4O2S/c1-5-4-6(2)13-8(10-5)11-12-9(13)16-15-7(3)14/h4H,1-3H3. The van der Waals surface area contributed by atoms with E-state index in [4.69, 9.17) is 4.18 Å². The number of aromatic nitrogens is 4. The van der Waals surface area contributed by atoms with Crippen LogP contribution in [0.15, 0.2) is 11.2 Å². The molecule has 0 fully saturated rings. The Morgan fingerprint density at radius 2 is 2.19 bits per heavy atom. The zero-order valence-corrected chi connectivity index (χ0v) is 9.91. The van der Waals surface area contributed by atoms with E-state index in [1.165, 1.54) is 6.92 Å². The lowest BCUT2D eigenvalue weighted by molar-refractivity contribution is -0.130. The van der Waals surface area contributed by atoms with Crippen LogP contribution in [-0.4, -0.2) is 25.6 Å². The van der Waals surface area contributed by atoms with Crippen molar-refractivity contribution < 1.29 is 8.98 Å². The first kappa shape index (κ1) is 10.9. The van der Waals surface area contributed by atoms with E-state index in [-0.39, 0.29) is 5.97 Å². The molecular weight excluding hydrogens is 228 g/mol. The van der Waals surface area contributed by atoms with Gasteiger partial charge in [-0.2, -0.15) is 0 Å². The van der Waals surface area contributed by atoms with E-state index < -0.39 is 0 Å². The Labute approximate surface area is 96.2 Å². The predicted octanol–water partition coefficient (Wildman–Crippen LogP) is 1.31. The molecule has 16 heavy (non-hydrogen) atoms. The fourth-order valence-corrected chi connectivity index (χ4v) is 1.92. The molecule has 2 rings (SSSR count). The van der Waals surface area contributed by atoms with Crippen LogP contribution in [0.5, 0.6) is 0 Å². The van der Waals surface area contributed by atoms with Crippen LogP contribution < -0.4 is 0 Å². The Morgan fingerprint density at radius 1 is 1.44 bits per heavy atom. The molecule has 0 saturated heterocycles. The van der Waals surface area contributed by atoms with Crippen LogP contribution in [0.4, 0.5) is 0 Å². The van der Waals surface area contributed by atoms with Crippen LogP contribution in [0.3, 0.4) is 0 Å². The summed E-state index contributed by atoms with van der Waals surface area (Å²) in [4.78, 5) is 14.9. The van der Waals surface area contributed by atoms with Crippen molar-refractivity contribution in [3.05, 3.63) is 17.5 Å². The van der Waals surface area contributed by atoms with Crippen molar-refractivity contribution in [2.24, 2.45) is 0 Å². The Bertz CT molecular complexity index is 552. The van der Waals surface area contributed by atoms with Gasteiger partial charge >= 0.3 is 5.97 Å². The van der Waals surface area contributed by atoms with Crippen molar-refractivity contribution in [1.82, 2.24) is 19.6 Å².